The van der Waals surface area contributed by atoms with Crippen molar-refractivity contribution in [1.29, 1.82) is 0 Å². The predicted molar refractivity (Wildman–Crippen MR) is 53.5 cm³/mol. The largest absolute Gasteiger partial charge is 0.367 e. The van der Waals surface area contributed by atoms with Crippen molar-refractivity contribution < 1.29 is 4.74 Å². The van der Waals surface area contributed by atoms with E-state index in [1.165, 1.54) is 19.3 Å². The van der Waals surface area contributed by atoms with Gasteiger partial charge in [-0.1, -0.05) is 6.92 Å². The van der Waals surface area contributed by atoms with Crippen LogP contribution in [0, 0.1) is 5.92 Å². The molecule has 2 heteroatoms. The van der Waals surface area contributed by atoms with Crippen molar-refractivity contribution in [2.45, 2.75) is 57.2 Å². The Morgan fingerprint density at radius 3 is 2.46 bits per heavy atom. The fraction of sp³-hybridized carbons (Fsp3) is 1.00. The van der Waals surface area contributed by atoms with Gasteiger partial charge in [0.1, 0.15) is 0 Å². The van der Waals surface area contributed by atoms with E-state index in [0.29, 0.717) is 6.54 Å². The van der Waals surface area contributed by atoms with Gasteiger partial charge in [0.25, 0.3) is 0 Å². The molecule has 0 spiro atoms. The summed E-state index contributed by atoms with van der Waals surface area (Å²) in [6, 6.07) is 0. The summed E-state index contributed by atoms with van der Waals surface area (Å²) < 4.78 is 6.23. The molecule has 0 aromatic heterocycles. The first-order valence-electron chi connectivity index (χ1n) is 5.54. The summed E-state index contributed by atoms with van der Waals surface area (Å²) in [5, 5.41) is 0. The maximum atomic E-state index is 6.23. The topological polar surface area (TPSA) is 35.2 Å². The van der Waals surface area contributed by atoms with Gasteiger partial charge in [-0.2, -0.15) is 0 Å². The molecule has 2 unspecified atom stereocenters. The van der Waals surface area contributed by atoms with Crippen molar-refractivity contribution in [3.8, 4) is 0 Å². The third-order valence-electron chi connectivity index (χ3n) is 3.88. The second kappa shape index (κ2) is 2.96. The molecule has 2 nitrogen and oxygen atoms in total. The van der Waals surface area contributed by atoms with Crippen LogP contribution in [-0.4, -0.2) is 17.7 Å². The highest BCUT2D eigenvalue weighted by Gasteiger charge is 2.52. The zero-order valence-electron chi connectivity index (χ0n) is 8.81. The van der Waals surface area contributed by atoms with Gasteiger partial charge in [-0.3, -0.25) is 0 Å². The lowest BCUT2D eigenvalue weighted by Crippen LogP contribution is -2.39. The normalized spacial score (nSPS) is 45.5. The minimum absolute atomic E-state index is 0.0292. The van der Waals surface area contributed by atoms with Crippen LogP contribution >= 0.6 is 0 Å². The zero-order chi connectivity index (χ0) is 9.53. The number of rotatable bonds is 3. The molecule has 0 aromatic carbocycles. The molecule has 0 aromatic rings. The highest BCUT2D eigenvalue weighted by Crippen LogP contribution is 2.52. The molecular formula is C11H21NO. The second-order valence-corrected chi connectivity index (χ2v) is 4.95. The van der Waals surface area contributed by atoms with Gasteiger partial charge in [0.05, 0.1) is 11.2 Å². The monoisotopic (exact) mass is 183 g/mol. The Morgan fingerprint density at radius 2 is 2.08 bits per heavy atom. The zero-order valence-corrected chi connectivity index (χ0v) is 8.81. The van der Waals surface area contributed by atoms with E-state index in [-0.39, 0.29) is 11.2 Å². The molecule has 0 amide bonds. The SMILES string of the molecule is CCC1(C2CC2)CCC(C)(CN)O1. The molecule has 0 radical (unpaired) electrons. The molecule has 2 N–H and O–H groups in total. The Morgan fingerprint density at radius 1 is 1.38 bits per heavy atom. The fourth-order valence-electron chi connectivity index (χ4n) is 2.65. The maximum absolute atomic E-state index is 6.23. The summed E-state index contributed by atoms with van der Waals surface area (Å²) in [5.41, 5.74) is 5.91. The Hall–Kier alpha value is -0.0800. The first-order valence-corrected chi connectivity index (χ1v) is 5.54. The van der Waals surface area contributed by atoms with Crippen molar-refractivity contribution in [3.63, 3.8) is 0 Å². The van der Waals surface area contributed by atoms with Gasteiger partial charge in [-0.05, 0) is 44.9 Å². The number of hydrogen-bond donors (Lipinski definition) is 1. The Bertz CT molecular complexity index is 202. The summed E-state index contributed by atoms with van der Waals surface area (Å²) in [7, 11) is 0. The first-order chi connectivity index (χ1) is 6.14. The van der Waals surface area contributed by atoms with E-state index in [1.807, 2.05) is 0 Å². The van der Waals surface area contributed by atoms with Crippen LogP contribution < -0.4 is 5.73 Å². The summed E-state index contributed by atoms with van der Waals surface area (Å²) in [5.74, 6) is 0.839. The van der Waals surface area contributed by atoms with Gasteiger partial charge >= 0.3 is 0 Å². The summed E-state index contributed by atoms with van der Waals surface area (Å²) in [4.78, 5) is 0. The van der Waals surface area contributed by atoms with Gasteiger partial charge in [-0.25, -0.2) is 0 Å². The van der Waals surface area contributed by atoms with E-state index in [9.17, 15) is 0 Å². The second-order valence-electron chi connectivity index (χ2n) is 4.95. The predicted octanol–water partition coefficient (Wildman–Crippen LogP) is 2.07. The third-order valence-corrected chi connectivity index (χ3v) is 3.88. The molecule has 1 saturated carbocycles. The fourth-order valence-corrected chi connectivity index (χ4v) is 2.65. The van der Waals surface area contributed by atoms with Crippen molar-refractivity contribution in [2.24, 2.45) is 11.7 Å². The van der Waals surface area contributed by atoms with Gasteiger partial charge in [-0.15, -0.1) is 0 Å². The molecule has 13 heavy (non-hydrogen) atoms. The Balaban J connectivity index is 2.08. The highest BCUT2D eigenvalue weighted by atomic mass is 16.5. The molecule has 76 valence electrons. The smallest absolute Gasteiger partial charge is 0.0784 e. The number of hydrogen-bond acceptors (Lipinski definition) is 2. The molecule has 2 fully saturated rings. The average molecular weight is 183 g/mol. The van der Waals surface area contributed by atoms with Crippen LogP contribution in [0.25, 0.3) is 0 Å². The minimum atomic E-state index is -0.0292. The van der Waals surface area contributed by atoms with E-state index in [4.69, 9.17) is 10.5 Å². The van der Waals surface area contributed by atoms with Gasteiger partial charge in [0.2, 0.25) is 0 Å². The lowest BCUT2D eigenvalue weighted by Gasteiger charge is -2.32. The van der Waals surface area contributed by atoms with E-state index < -0.39 is 0 Å². The maximum Gasteiger partial charge on any atom is 0.0784 e. The van der Waals surface area contributed by atoms with Gasteiger partial charge < -0.3 is 10.5 Å². The summed E-state index contributed by atoms with van der Waals surface area (Å²) >= 11 is 0. The van der Waals surface area contributed by atoms with Crippen LogP contribution in [0.3, 0.4) is 0 Å². The quantitative estimate of drug-likeness (QED) is 0.727. The number of ether oxygens (including phenoxy) is 1. The molecule has 2 rings (SSSR count). The van der Waals surface area contributed by atoms with Gasteiger partial charge in [0.15, 0.2) is 0 Å². The van der Waals surface area contributed by atoms with E-state index >= 15 is 0 Å². The minimum Gasteiger partial charge on any atom is -0.367 e. The van der Waals surface area contributed by atoms with E-state index in [1.54, 1.807) is 0 Å². The van der Waals surface area contributed by atoms with Gasteiger partial charge in [0, 0.05) is 6.54 Å². The van der Waals surface area contributed by atoms with Crippen molar-refractivity contribution in [3.05, 3.63) is 0 Å². The molecule has 1 heterocycles. The van der Waals surface area contributed by atoms with Crippen LogP contribution in [0.5, 0.6) is 0 Å². The van der Waals surface area contributed by atoms with E-state index in [2.05, 4.69) is 13.8 Å². The average Bonchev–Trinajstić information content (AvgIpc) is 2.93. The van der Waals surface area contributed by atoms with Crippen LogP contribution in [0.4, 0.5) is 0 Å². The molecular weight excluding hydrogens is 162 g/mol. The van der Waals surface area contributed by atoms with Crippen LogP contribution in [0.2, 0.25) is 0 Å². The van der Waals surface area contributed by atoms with Crippen molar-refractivity contribution >= 4 is 0 Å². The van der Waals surface area contributed by atoms with Crippen molar-refractivity contribution in [1.82, 2.24) is 0 Å². The standard InChI is InChI=1S/C11H21NO/c1-3-11(9-4-5-9)7-6-10(2,8-12)13-11/h9H,3-8,12H2,1-2H3. The van der Waals surface area contributed by atoms with Crippen molar-refractivity contribution in [2.75, 3.05) is 6.54 Å². The third kappa shape index (κ3) is 1.50. The first kappa shape index (κ1) is 9.47. The lowest BCUT2D eigenvalue weighted by molar-refractivity contribution is -0.104. The van der Waals surface area contributed by atoms with Crippen LogP contribution in [-0.2, 0) is 4.74 Å². The summed E-state index contributed by atoms with van der Waals surface area (Å²) in [6.07, 6.45) is 6.27. The Labute approximate surface area is 80.8 Å². The lowest BCUT2D eigenvalue weighted by atomic mass is 9.90. The van der Waals surface area contributed by atoms with Crippen LogP contribution in [0.1, 0.15) is 46.0 Å². The molecule has 2 atom stereocenters. The molecule has 1 aliphatic heterocycles. The molecule has 1 aliphatic carbocycles. The van der Waals surface area contributed by atoms with E-state index in [0.717, 1.165) is 18.8 Å². The number of nitrogens with two attached hydrogens (primary N) is 1. The summed E-state index contributed by atoms with van der Waals surface area (Å²) in [6.45, 7) is 5.08. The molecule has 2 aliphatic rings. The van der Waals surface area contributed by atoms with Crippen LogP contribution in [0.15, 0.2) is 0 Å². The molecule has 1 saturated heterocycles. The Kier molecular flexibility index (Phi) is 2.16. The highest BCUT2D eigenvalue weighted by molar-refractivity contribution is 5.03. The molecule has 0 bridgehead atoms.